The molecule has 280 valence electrons. The maximum atomic E-state index is 14.6. The van der Waals surface area contributed by atoms with Gasteiger partial charge >= 0.3 is 6.03 Å². The lowest BCUT2D eigenvalue weighted by molar-refractivity contribution is -0.144. The van der Waals surface area contributed by atoms with Gasteiger partial charge in [0, 0.05) is 13.1 Å². The van der Waals surface area contributed by atoms with Crippen molar-refractivity contribution in [3.8, 4) is 0 Å². The molecule has 3 fully saturated rings. The average molecular weight is 710 g/mol. The van der Waals surface area contributed by atoms with Crippen molar-refractivity contribution >= 4 is 39.4 Å². The second-order valence-corrected chi connectivity index (χ2v) is 18.8. The highest BCUT2D eigenvalue weighted by molar-refractivity contribution is 7.92. The highest BCUT2D eigenvalue weighted by Gasteiger charge is 2.49. The van der Waals surface area contributed by atoms with Gasteiger partial charge in [0.05, 0.1) is 22.1 Å². The Morgan fingerprint density at radius 2 is 1.49 bits per heavy atom. The number of sulfone groups is 1. The van der Waals surface area contributed by atoms with E-state index in [0.717, 1.165) is 51.4 Å². The zero-order valence-electron chi connectivity index (χ0n) is 31.0. The van der Waals surface area contributed by atoms with Crippen LogP contribution in [-0.4, -0.2) is 90.1 Å². The molecule has 1 saturated heterocycles. The number of Topliss-reactive ketones (excluding diaryl/α,β-unsaturated/α-hetero) is 1. The fraction of sp³-hybridized carbons (Fsp3) is 0.861. The summed E-state index contributed by atoms with van der Waals surface area (Å²) in [6.07, 6.45) is 9.54. The quantitative estimate of drug-likeness (QED) is 0.185. The van der Waals surface area contributed by atoms with Gasteiger partial charge in [-0.25, -0.2) is 13.2 Å². The highest BCUT2D eigenvalue weighted by atomic mass is 32.2. The zero-order valence-corrected chi connectivity index (χ0v) is 31.9. The van der Waals surface area contributed by atoms with Crippen molar-refractivity contribution in [2.45, 2.75) is 167 Å². The van der Waals surface area contributed by atoms with Gasteiger partial charge in [-0.05, 0) is 77.0 Å². The Morgan fingerprint density at radius 3 is 2.04 bits per heavy atom. The second kappa shape index (κ2) is 17.0. The Labute approximate surface area is 294 Å². The van der Waals surface area contributed by atoms with Crippen LogP contribution >= 0.6 is 0 Å². The molecule has 13 heteroatoms. The summed E-state index contributed by atoms with van der Waals surface area (Å²) in [6.45, 7) is 13.5. The monoisotopic (exact) mass is 709 g/mol. The predicted molar refractivity (Wildman–Crippen MR) is 190 cm³/mol. The van der Waals surface area contributed by atoms with E-state index in [4.69, 9.17) is 0 Å². The molecule has 49 heavy (non-hydrogen) atoms. The van der Waals surface area contributed by atoms with Crippen LogP contribution in [-0.2, 0) is 29.0 Å². The van der Waals surface area contributed by atoms with Crippen LogP contribution in [0.4, 0.5) is 4.79 Å². The molecule has 2 saturated carbocycles. The van der Waals surface area contributed by atoms with E-state index in [0.29, 0.717) is 45.2 Å². The van der Waals surface area contributed by atoms with Gasteiger partial charge in [0.25, 0.3) is 5.91 Å². The fourth-order valence-corrected chi connectivity index (χ4v) is 9.23. The van der Waals surface area contributed by atoms with E-state index in [2.05, 4.69) is 21.3 Å². The SMILES string of the molecule is CCCNC(=O)C(=O)C(CCC)NC(=O)[C@@H]1C[C@@H](CC)CN1C(=O)[C@@H](NC(=O)NC1(CS(=O)(=O)C(C)(C)C)CCCCC1)C1(C)CCCC1. The largest absolute Gasteiger partial charge is 0.349 e. The molecular weight excluding hydrogens is 646 g/mol. The van der Waals surface area contributed by atoms with Gasteiger partial charge < -0.3 is 26.2 Å². The van der Waals surface area contributed by atoms with Gasteiger partial charge in [-0.15, -0.1) is 0 Å². The van der Waals surface area contributed by atoms with E-state index >= 15 is 0 Å². The third-order valence-corrected chi connectivity index (χ3v) is 13.9. The topological polar surface area (TPSA) is 171 Å². The van der Waals surface area contributed by atoms with E-state index in [1.807, 2.05) is 27.7 Å². The fourth-order valence-electron chi connectivity index (χ4n) is 7.71. The Balaban J connectivity index is 1.88. The minimum atomic E-state index is -3.55. The highest BCUT2D eigenvalue weighted by Crippen LogP contribution is 2.42. The van der Waals surface area contributed by atoms with Gasteiger partial charge in [-0.1, -0.05) is 72.6 Å². The maximum Gasteiger partial charge on any atom is 0.315 e. The van der Waals surface area contributed by atoms with E-state index in [1.54, 1.807) is 25.7 Å². The van der Waals surface area contributed by atoms with Crippen molar-refractivity contribution in [1.29, 1.82) is 0 Å². The Kier molecular flexibility index (Phi) is 14.1. The van der Waals surface area contributed by atoms with Crippen LogP contribution < -0.4 is 21.3 Å². The van der Waals surface area contributed by atoms with Gasteiger partial charge in [-0.3, -0.25) is 19.2 Å². The molecule has 0 bridgehead atoms. The molecule has 0 aromatic carbocycles. The summed E-state index contributed by atoms with van der Waals surface area (Å²) in [5.74, 6) is -2.39. The van der Waals surface area contributed by atoms with E-state index in [-0.39, 0.29) is 24.0 Å². The molecule has 1 unspecified atom stereocenters. The standard InChI is InChI=1S/C36H63N5O7S/c1-8-16-26(28(42)31(44)37-21-9-2)38-30(43)27-22-25(10-3)23-41(27)32(45)29(35(7)17-14-15-18-35)39-33(46)40-36(19-12-11-13-20-36)24-49(47,48)34(4,5)6/h25-27,29H,8-24H2,1-7H3,(H,37,44)(H,38,43)(H2,39,40,46)/t25-,26?,27+,29-/m1/s1. The van der Waals surface area contributed by atoms with E-state index in [1.165, 1.54) is 0 Å². The lowest BCUT2D eigenvalue weighted by Gasteiger charge is -2.41. The molecule has 12 nitrogen and oxygen atoms in total. The molecule has 4 atom stereocenters. The van der Waals surface area contributed by atoms with Crippen LogP contribution in [0, 0.1) is 11.3 Å². The molecule has 5 amide bonds. The Bertz CT molecular complexity index is 1300. The minimum Gasteiger partial charge on any atom is -0.349 e. The number of urea groups is 1. The first kappa shape index (κ1) is 40.7. The molecule has 3 rings (SSSR count). The van der Waals surface area contributed by atoms with Crippen LogP contribution in [0.5, 0.6) is 0 Å². The van der Waals surface area contributed by atoms with Crippen molar-refractivity contribution in [2.75, 3.05) is 18.8 Å². The molecule has 0 spiro atoms. The van der Waals surface area contributed by atoms with Crippen molar-refractivity contribution in [2.24, 2.45) is 11.3 Å². The lowest BCUT2D eigenvalue weighted by atomic mass is 9.79. The van der Waals surface area contributed by atoms with Crippen molar-refractivity contribution in [1.82, 2.24) is 26.2 Å². The number of nitrogens with one attached hydrogen (secondary N) is 4. The van der Waals surface area contributed by atoms with Crippen molar-refractivity contribution in [3.05, 3.63) is 0 Å². The Morgan fingerprint density at radius 1 is 0.878 bits per heavy atom. The lowest BCUT2D eigenvalue weighted by Crippen LogP contribution is -2.64. The number of hydrogen-bond donors (Lipinski definition) is 4. The van der Waals surface area contributed by atoms with Crippen LogP contribution in [0.2, 0.25) is 0 Å². The predicted octanol–water partition coefficient (Wildman–Crippen LogP) is 4.16. The molecule has 1 aliphatic heterocycles. The third-order valence-electron chi connectivity index (χ3n) is 11.1. The molecule has 0 radical (unpaired) electrons. The second-order valence-electron chi connectivity index (χ2n) is 16.1. The molecule has 0 aromatic rings. The van der Waals surface area contributed by atoms with Crippen LogP contribution in [0.3, 0.4) is 0 Å². The summed E-state index contributed by atoms with van der Waals surface area (Å²) in [5, 5.41) is 11.4. The first-order valence-electron chi connectivity index (χ1n) is 18.7. The van der Waals surface area contributed by atoms with Crippen LogP contribution in [0.1, 0.15) is 138 Å². The summed E-state index contributed by atoms with van der Waals surface area (Å²) in [7, 11) is -3.55. The third kappa shape index (κ3) is 10.2. The summed E-state index contributed by atoms with van der Waals surface area (Å²) < 4.78 is 25.7. The van der Waals surface area contributed by atoms with Gasteiger partial charge in [0.2, 0.25) is 17.6 Å². The van der Waals surface area contributed by atoms with Gasteiger partial charge in [0.15, 0.2) is 9.84 Å². The molecule has 1 heterocycles. The van der Waals surface area contributed by atoms with Crippen LogP contribution in [0.15, 0.2) is 0 Å². The number of rotatable bonds is 15. The number of ketones is 1. The maximum absolute atomic E-state index is 14.6. The number of carbonyl (C=O) groups excluding carboxylic acids is 5. The number of nitrogens with zero attached hydrogens (tertiary/aromatic N) is 1. The molecule has 4 N–H and O–H groups in total. The number of hydrogen-bond acceptors (Lipinski definition) is 7. The summed E-state index contributed by atoms with van der Waals surface area (Å²) in [4.78, 5) is 69.5. The summed E-state index contributed by atoms with van der Waals surface area (Å²) >= 11 is 0. The van der Waals surface area contributed by atoms with Gasteiger partial charge in [0.1, 0.15) is 12.1 Å². The molecular formula is C36H63N5O7S. The van der Waals surface area contributed by atoms with Crippen molar-refractivity contribution in [3.63, 3.8) is 0 Å². The number of amides is 5. The van der Waals surface area contributed by atoms with Crippen molar-refractivity contribution < 1.29 is 32.4 Å². The zero-order chi connectivity index (χ0) is 36.6. The first-order chi connectivity index (χ1) is 22.9. The minimum absolute atomic E-state index is 0.0480. The number of carbonyl (C=O) groups is 5. The average Bonchev–Trinajstić information content (AvgIpc) is 3.68. The summed E-state index contributed by atoms with van der Waals surface area (Å²) in [5.41, 5.74) is -1.50. The number of likely N-dealkylation sites (tertiary alicyclic amines) is 1. The summed E-state index contributed by atoms with van der Waals surface area (Å²) in [6, 6.07) is -3.37. The van der Waals surface area contributed by atoms with E-state index in [9.17, 15) is 32.4 Å². The smallest absolute Gasteiger partial charge is 0.315 e. The molecule has 3 aliphatic rings. The van der Waals surface area contributed by atoms with E-state index < -0.39 is 67.3 Å². The van der Waals surface area contributed by atoms with Crippen LogP contribution in [0.25, 0.3) is 0 Å². The van der Waals surface area contributed by atoms with Gasteiger partial charge in [-0.2, -0.15) is 0 Å². The molecule has 0 aromatic heterocycles. The Hall–Kier alpha value is -2.70. The molecule has 2 aliphatic carbocycles. The first-order valence-corrected chi connectivity index (χ1v) is 20.3. The normalized spacial score (nSPS) is 23.3.